The summed E-state index contributed by atoms with van der Waals surface area (Å²) >= 11 is 0. The van der Waals surface area contributed by atoms with E-state index in [1.54, 1.807) is 45.0 Å². The number of nitrogens with zero attached hydrogens (tertiary/aromatic N) is 1. The van der Waals surface area contributed by atoms with E-state index in [1.807, 2.05) is 0 Å². The normalized spacial score (nSPS) is 15.7. The Hall–Kier alpha value is -2.17. The first kappa shape index (κ1) is 14.2. The van der Waals surface area contributed by atoms with E-state index in [0.29, 0.717) is 11.3 Å². The second-order valence-electron chi connectivity index (χ2n) is 5.75. The maximum Gasteiger partial charge on any atom is 0.338 e. The van der Waals surface area contributed by atoms with Crippen LogP contribution in [0.2, 0.25) is 0 Å². The first-order chi connectivity index (χ1) is 9.26. The Morgan fingerprint density at radius 3 is 2.50 bits per heavy atom. The third-order valence-corrected chi connectivity index (χ3v) is 2.78. The zero-order chi connectivity index (χ0) is 14.9. The summed E-state index contributed by atoms with van der Waals surface area (Å²) in [5, 5.41) is 0. The molecule has 0 aromatic heterocycles. The molecule has 5 nitrogen and oxygen atoms in total. The van der Waals surface area contributed by atoms with Gasteiger partial charge in [0.25, 0.3) is 0 Å². The molecule has 0 bridgehead atoms. The van der Waals surface area contributed by atoms with Crippen molar-refractivity contribution in [3.05, 3.63) is 29.8 Å². The van der Waals surface area contributed by atoms with E-state index in [1.165, 1.54) is 4.90 Å². The smallest absolute Gasteiger partial charge is 0.338 e. The molecule has 0 radical (unpaired) electrons. The molecule has 0 aliphatic carbocycles. The number of esters is 1. The van der Waals surface area contributed by atoms with E-state index in [9.17, 15) is 14.4 Å². The number of ether oxygens (including phenoxy) is 1. The maximum atomic E-state index is 12.0. The van der Waals surface area contributed by atoms with Crippen molar-refractivity contribution in [2.75, 3.05) is 11.4 Å². The molecular formula is C15H17NO4. The highest BCUT2D eigenvalue weighted by molar-refractivity contribution is 6.15. The van der Waals surface area contributed by atoms with Crippen molar-refractivity contribution >= 4 is 23.3 Å². The van der Waals surface area contributed by atoms with Crippen LogP contribution in [0, 0.1) is 0 Å². The van der Waals surface area contributed by atoms with Crippen LogP contribution >= 0.6 is 0 Å². The van der Waals surface area contributed by atoms with Gasteiger partial charge in [-0.25, -0.2) is 4.79 Å². The zero-order valence-electron chi connectivity index (χ0n) is 11.8. The number of benzene rings is 1. The molecule has 5 heteroatoms. The summed E-state index contributed by atoms with van der Waals surface area (Å²) in [4.78, 5) is 36.3. The number of amides is 1. The summed E-state index contributed by atoms with van der Waals surface area (Å²) in [6, 6.07) is 6.57. The molecule has 0 saturated carbocycles. The van der Waals surface area contributed by atoms with Crippen molar-refractivity contribution < 1.29 is 19.1 Å². The van der Waals surface area contributed by atoms with E-state index >= 15 is 0 Å². The topological polar surface area (TPSA) is 63.7 Å². The number of carbonyl (C=O) groups is 3. The van der Waals surface area contributed by atoms with E-state index in [0.717, 1.165) is 0 Å². The minimum atomic E-state index is -0.577. The van der Waals surface area contributed by atoms with Crippen molar-refractivity contribution in [1.82, 2.24) is 0 Å². The van der Waals surface area contributed by atoms with Crippen LogP contribution in [-0.2, 0) is 14.3 Å². The van der Waals surface area contributed by atoms with Gasteiger partial charge in [0.1, 0.15) is 5.60 Å². The van der Waals surface area contributed by atoms with Crippen molar-refractivity contribution in [2.24, 2.45) is 0 Å². The van der Waals surface area contributed by atoms with Gasteiger partial charge in [-0.05, 0) is 39.0 Å². The Kier molecular flexibility index (Phi) is 3.61. The third-order valence-electron chi connectivity index (χ3n) is 2.78. The van der Waals surface area contributed by atoms with Gasteiger partial charge in [-0.2, -0.15) is 0 Å². The number of rotatable bonds is 2. The molecule has 1 amide bonds. The lowest BCUT2D eigenvalue weighted by atomic mass is 10.1. The first-order valence-corrected chi connectivity index (χ1v) is 6.42. The second kappa shape index (κ2) is 5.07. The number of hydrogen-bond acceptors (Lipinski definition) is 4. The lowest BCUT2D eigenvalue weighted by Crippen LogP contribution is -2.26. The summed E-state index contributed by atoms with van der Waals surface area (Å²) in [7, 11) is 0. The van der Waals surface area contributed by atoms with Gasteiger partial charge in [0, 0.05) is 5.69 Å². The van der Waals surface area contributed by atoms with Crippen LogP contribution in [0.3, 0.4) is 0 Å². The van der Waals surface area contributed by atoms with Crippen LogP contribution in [-0.4, -0.2) is 29.8 Å². The molecule has 1 aliphatic heterocycles. The van der Waals surface area contributed by atoms with Crippen LogP contribution < -0.4 is 4.90 Å². The van der Waals surface area contributed by atoms with Gasteiger partial charge < -0.3 is 9.64 Å². The number of Topliss-reactive ketones (excluding diaryl/α,β-unsaturated/α-hetero) is 1. The fourth-order valence-electron chi connectivity index (χ4n) is 1.96. The SMILES string of the molecule is CC(C)(C)OC(=O)c1cccc(N2CC(=O)CC2=O)c1. The molecule has 2 rings (SSSR count). The van der Waals surface area contributed by atoms with E-state index in [4.69, 9.17) is 4.74 Å². The van der Waals surface area contributed by atoms with E-state index in [2.05, 4.69) is 0 Å². The summed E-state index contributed by atoms with van der Waals surface area (Å²) in [6.45, 7) is 5.43. The van der Waals surface area contributed by atoms with Gasteiger partial charge in [-0.1, -0.05) is 6.07 Å². The highest BCUT2D eigenvalue weighted by atomic mass is 16.6. The van der Waals surface area contributed by atoms with Gasteiger partial charge in [-0.3, -0.25) is 9.59 Å². The van der Waals surface area contributed by atoms with Gasteiger partial charge in [0.15, 0.2) is 5.78 Å². The van der Waals surface area contributed by atoms with Crippen molar-refractivity contribution in [2.45, 2.75) is 32.8 Å². The summed E-state index contributed by atoms with van der Waals surface area (Å²) < 4.78 is 5.28. The number of hydrogen-bond donors (Lipinski definition) is 0. The second-order valence-corrected chi connectivity index (χ2v) is 5.75. The van der Waals surface area contributed by atoms with Crippen LogP contribution in [0.4, 0.5) is 5.69 Å². The Morgan fingerprint density at radius 1 is 1.25 bits per heavy atom. The van der Waals surface area contributed by atoms with Crippen LogP contribution in [0.5, 0.6) is 0 Å². The lowest BCUT2D eigenvalue weighted by molar-refractivity contribution is -0.121. The fraction of sp³-hybridized carbons (Fsp3) is 0.400. The average Bonchev–Trinajstić information content (AvgIpc) is 2.66. The van der Waals surface area contributed by atoms with Crippen LogP contribution in [0.1, 0.15) is 37.6 Å². The van der Waals surface area contributed by atoms with Crippen molar-refractivity contribution in [3.63, 3.8) is 0 Å². The molecule has 0 atom stereocenters. The third kappa shape index (κ3) is 3.23. The minimum Gasteiger partial charge on any atom is -0.456 e. The quantitative estimate of drug-likeness (QED) is 0.611. The summed E-state index contributed by atoms with van der Waals surface area (Å²) in [5.74, 6) is -0.800. The van der Waals surface area contributed by atoms with Gasteiger partial charge >= 0.3 is 5.97 Å². The Morgan fingerprint density at radius 2 is 1.95 bits per heavy atom. The standard InChI is InChI=1S/C15H17NO4/c1-15(2,3)20-14(19)10-5-4-6-11(7-10)16-9-12(17)8-13(16)18/h4-7H,8-9H2,1-3H3. The molecule has 20 heavy (non-hydrogen) atoms. The van der Waals surface area contributed by atoms with Crippen molar-refractivity contribution in [1.29, 1.82) is 0 Å². The number of carbonyl (C=O) groups excluding carboxylic acids is 3. The Bertz CT molecular complexity index is 571. The molecule has 0 spiro atoms. The average molecular weight is 275 g/mol. The molecule has 0 N–H and O–H groups in total. The minimum absolute atomic E-state index is 0.0661. The van der Waals surface area contributed by atoms with E-state index < -0.39 is 11.6 Å². The predicted octanol–water partition coefficient (Wildman–Crippen LogP) is 1.95. The van der Waals surface area contributed by atoms with E-state index in [-0.39, 0.29) is 24.7 Å². The molecule has 1 fully saturated rings. The highest BCUT2D eigenvalue weighted by Crippen LogP contribution is 2.22. The summed E-state index contributed by atoms with van der Waals surface area (Å²) in [5.41, 5.74) is 0.334. The van der Waals surface area contributed by atoms with Crippen molar-refractivity contribution in [3.8, 4) is 0 Å². The first-order valence-electron chi connectivity index (χ1n) is 6.42. The number of anilines is 1. The number of ketones is 1. The Balaban J connectivity index is 2.22. The molecule has 0 unspecified atom stereocenters. The van der Waals surface area contributed by atoms with Gasteiger partial charge in [0.2, 0.25) is 5.91 Å². The zero-order valence-corrected chi connectivity index (χ0v) is 11.8. The lowest BCUT2D eigenvalue weighted by Gasteiger charge is -2.20. The van der Waals surface area contributed by atoms with Crippen LogP contribution in [0.15, 0.2) is 24.3 Å². The molecule has 1 aliphatic rings. The predicted molar refractivity (Wildman–Crippen MR) is 73.6 cm³/mol. The monoisotopic (exact) mass is 275 g/mol. The molecular weight excluding hydrogens is 258 g/mol. The van der Waals surface area contributed by atoms with Crippen LogP contribution in [0.25, 0.3) is 0 Å². The molecule has 1 heterocycles. The molecule has 1 saturated heterocycles. The largest absolute Gasteiger partial charge is 0.456 e. The molecule has 1 aromatic rings. The molecule has 106 valence electrons. The maximum absolute atomic E-state index is 12.0. The summed E-state index contributed by atoms with van der Waals surface area (Å²) in [6.07, 6.45) is -0.0728. The van der Waals surface area contributed by atoms with Gasteiger partial charge in [0.05, 0.1) is 18.5 Å². The Labute approximate surface area is 117 Å². The molecule has 1 aromatic carbocycles. The highest BCUT2D eigenvalue weighted by Gasteiger charge is 2.29. The fourth-order valence-corrected chi connectivity index (χ4v) is 1.96. The van der Waals surface area contributed by atoms with Gasteiger partial charge in [-0.15, -0.1) is 0 Å².